The molecule has 14 nitrogen and oxygen atoms in total. The van der Waals surface area contributed by atoms with Gasteiger partial charge in [-0.25, -0.2) is 18.2 Å². The fourth-order valence-electron chi connectivity index (χ4n) is 8.34. The molecule has 4 fully saturated rings. The number of methoxy groups -OCH3 is 1. The highest BCUT2D eigenvalue weighted by Gasteiger charge is 2.62. The molecule has 0 unspecified atom stereocenters. The van der Waals surface area contributed by atoms with Crippen LogP contribution in [0.25, 0.3) is 22.2 Å². The SMILES string of the molecule is COc1ccc2c(O[C@@H]3C[C@H]4C(=O)N[C@]5(C(=O)NS(=O)(=O)C6CCC6)C[C@H]5CCCCCCC[C@H](NC(=O)OC(C)(C)C)C(=O)N4C3)cc(-c3ccccc3)nc2c1. The number of rotatable bonds is 8. The Morgan fingerprint density at radius 1 is 0.931 bits per heavy atom. The molecule has 15 heteroatoms. The van der Waals surface area contributed by atoms with Crippen LogP contribution in [0.2, 0.25) is 0 Å². The molecular formula is C43H55N5O9S. The Labute approximate surface area is 340 Å². The van der Waals surface area contributed by atoms with Crippen molar-refractivity contribution in [2.45, 2.75) is 132 Å². The van der Waals surface area contributed by atoms with Gasteiger partial charge in [-0.2, -0.15) is 0 Å². The Balaban J connectivity index is 1.22. The fraction of sp³-hybridized carbons (Fsp3) is 0.558. The van der Waals surface area contributed by atoms with E-state index in [1.807, 2.05) is 54.6 Å². The molecule has 0 spiro atoms. The average Bonchev–Trinajstić information content (AvgIpc) is 3.68. The normalized spacial score (nSPS) is 25.8. The summed E-state index contributed by atoms with van der Waals surface area (Å²) in [4.78, 5) is 62.7. The number of carbonyl (C=O) groups excluding carboxylic acids is 4. The predicted octanol–water partition coefficient (Wildman–Crippen LogP) is 5.77. The molecule has 5 atom stereocenters. The maximum Gasteiger partial charge on any atom is 0.408 e. The summed E-state index contributed by atoms with van der Waals surface area (Å²) in [5.74, 6) is -0.935. The number of hydrogen-bond donors (Lipinski definition) is 3. The van der Waals surface area contributed by atoms with E-state index in [0.717, 1.165) is 37.7 Å². The molecule has 58 heavy (non-hydrogen) atoms. The lowest BCUT2D eigenvalue weighted by molar-refractivity contribution is -0.141. The van der Waals surface area contributed by atoms with Crippen molar-refractivity contribution in [2.24, 2.45) is 5.92 Å². The van der Waals surface area contributed by atoms with Crippen LogP contribution in [0.5, 0.6) is 11.5 Å². The largest absolute Gasteiger partial charge is 0.497 e. The van der Waals surface area contributed by atoms with Gasteiger partial charge in [0.25, 0.3) is 5.91 Å². The minimum atomic E-state index is -3.92. The minimum Gasteiger partial charge on any atom is -0.497 e. The summed E-state index contributed by atoms with van der Waals surface area (Å²) >= 11 is 0. The number of alkyl carbamates (subject to hydrolysis) is 1. The lowest BCUT2D eigenvalue weighted by Crippen LogP contribution is -2.59. The molecule has 2 aliphatic carbocycles. The second-order valence-electron chi connectivity index (χ2n) is 17.2. The number of aromatic nitrogens is 1. The van der Waals surface area contributed by atoms with Crippen molar-refractivity contribution in [3.8, 4) is 22.8 Å². The molecule has 312 valence electrons. The Morgan fingerprint density at radius 3 is 2.34 bits per heavy atom. The van der Waals surface area contributed by atoms with E-state index >= 15 is 0 Å². The van der Waals surface area contributed by atoms with Gasteiger partial charge >= 0.3 is 6.09 Å². The standard InChI is InChI=1S/C43H55N5O9S/c1-42(2,3)57-41(52)45-33-19-12-7-5-6-11-16-28-25-43(28,40(51)47-58(53,54)31-17-13-18-31)46-38(49)36-23-30(26-48(36)39(33)50)56-37-24-34(27-14-9-8-10-15-27)44-35-22-29(55-4)20-21-32(35)37/h8-10,14-15,20-22,24,28,30-31,33,36H,5-7,11-13,16-19,23,25-26H2,1-4H3,(H,45,52)(H,46,49)(H,47,51)/t28-,30-,33+,36+,43-/m1/s1. The van der Waals surface area contributed by atoms with Gasteiger partial charge in [-0.3, -0.25) is 19.1 Å². The van der Waals surface area contributed by atoms with Gasteiger partial charge < -0.3 is 29.7 Å². The Bertz CT molecular complexity index is 2140. The quantitative estimate of drug-likeness (QED) is 0.253. The van der Waals surface area contributed by atoms with Gasteiger partial charge in [0.05, 0.1) is 30.1 Å². The lowest BCUT2D eigenvalue weighted by Gasteiger charge is -2.31. The molecular weight excluding hydrogens is 763 g/mol. The number of nitrogens with one attached hydrogen (secondary N) is 3. The first-order valence-corrected chi connectivity index (χ1v) is 22.1. The zero-order valence-corrected chi connectivity index (χ0v) is 34.6. The zero-order valence-electron chi connectivity index (χ0n) is 33.8. The second-order valence-corrected chi connectivity index (χ2v) is 19.1. The number of pyridine rings is 1. The highest BCUT2D eigenvalue weighted by atomic mass is 32.2. The van der Waals surface area contributed by atoms with Gasteiger partial charge in [-0.05, 0) is 70.9 Å². The van der Waals surface area contributed by atoms with E-state index in [9.17, 15) is 27.6 Å². The topological polar surface area (TPSA) is 182 Å². The first-order valence-electron chi connectivity index (χ1n) is 20.5. The number of ether oxygens (including phenoxy) is 3. The molecule has 2 aliphatic heterocycles. The van der Waals surface area contributed by atoms with Crippen molar-refractivity contribution in [3.05, 3.63) is 54.6 Å². The van der Waals surface area contributed by atoms with E-state index < -0.39 is 68.4 Å². The maximum atomic E-state index is 14.7. The number of sulfonamides is 1. The molecule has 3 aromatic rings. The van der Waals surface area contributed by atoms with Crippen LogP contribution in [0.4, 0.5) is 4.79 Å². The molecule has 2 saturated heterocycles. The van der Waals surface area contributed by atoms with Gasteiger partial charge in [0.2, 0.25) is 21.8 Å². The number of nitrogens with zero attached hydrogens (tertiary/aromatic N) is 2. The Hall–Kier alpha value is -4.92. The number of carbonyl (C=O) groups is 4. The molecule has 4 aliphatic rings. The highest BCUT2D eigenvalue weighted by molar-refractivity contribution is 7.90. The summed E-state index contributed by atoms with van der Waals surface area (Å²) in [7, 11) is -2.33. The number of hydrogen-bond acceptors (Lipinski definition) is 10. The summed E-state index contributed by atoms with van der Waals surface area (Å²) in [6.07, 6.45) is 5.67. The Kier molecular flexibility index (Phi) is 11.9. The third-order valence-corrected chi connectivity index (χ3v) is 13.6. The average molecular weight is 818 g/mol. The van der Waals surface area contributed by atoms with Crippen LogP contribution in [0.3, 0.4) is 0 Å². The van der Waals surface area contributed by atoms with Crippen LogP contribution in [0.1, 0.15) is 97.8 Å². The molecule has 7 rings (SSSR count). The van der Waals surface area contributed by atoms with E-state index in [1.54, 1.807) is 27.9 Å². The lowest BCUT2D eigenvalue weighted by atomic mass is 10.0. The summed E-state index contributed by atoms with van der Waals surface area (Å²) in [5, 5.41) is 5.82. The van der Waals surface area contributed by atoms with E-state index in [0.29, 0.717) is 66.6 Å². The molecule has 0 radical (unpaired) electrons. The van der Waals surface area contributed by atoms with Crippen molar-refractivity contribution in [1.82, 2.24) is 25.2 Å². The van der Waals surface area contributed by atoms with Gasteiger partial charge in [0.15, 0.2) is 0 Å². The zero-order chi connectivity index (χ0) is 41.2. The summed E-state index contributed by atoms with van der Waals surface area (Å²) in [5.41, 5.74) is -0.0861. The minimum absolute atomic E-state index is 0.00272. The van der Waals surface area contributed by atoms with Crippen LogP contribution in [0.15, 0.2) is 54.6 Å². The van der Waals surface area contributed by atoms with E-state index in [-0.39, 0.29) is 18.9 Å². The monoisotopic (exact) mass is 817 g/mol. The summed E-state index contributed by atoms with van der Waals surface area (Å²) in [6, 6.07) is 14.9. The molecule has 0 bridgehead atoms. The van der Waals surface area contributed by atoms with Crippen LogP contribution in [-0.4, -0.2) is 90.3 Å². The summed E-state index contributed by atoms with van der Waals surface area (Å²) < 4.78 is 46.4. The molecule has 2 saturated carbocycles. The number of fused-ring (bicyclic) bond motifs is 3. The van der Waals surface area contributed by atoms with Crippen molar-refractivity contribution in [2.75, 3.05) is 13.7 Å². The number of benzene rings is 2. The predicted molar refractivity (Wildman–Crippen MR) is 217 cm³/mol. The van der Waals surface area contributed by atoms with Crippen molar-refractivity contribution >= 4 is 44.7 Å². The first-order chi connectivity index (χ1) is 27.7. The van der Waals surface area contributed by atoms with Gasteiger partial charge in [-0.15, -0.1) is 0 Å². The molecule has 4 amide bonds. The van der Waals surface area contributed by atoms with Crippen molar-refractivity contribution in [3.63, 3.8) is 0 Å². The van der Waals surface area contributed by atoms with Gasteiger partial charge in [0, 0.05) is 29.5 Å². The molecule has 2 aromatic carbocycles. The maximum absolute atomic E-state index is 14.7. The van der Waals surface area contributed by atoms with E-state index in [2.05, 4.69) is 15.4 Å². The molecule has 3 heterocycles. The van der Waals surface area contributed by atoms with Crippen LogP contribution in [0, 0.1) is 5.92 Å². The molecule has 1 aromatic heterocycles. The van der Waals surface area contributed by atoms with Crippen molar-refractivity contribution < 1.29 is 41.8 Å². The van der Waals surface area contributed by atoms with Crippen LogP contribution < -0.4 is 24.8 Å². The smallest absolute Gasteiger partial charge is 0.408 e. The van der Waals surface area contributed by atoms with E-state index in [4.69, 9.17) is 19.2 Å². The third-order valence-electron chi connectivity index (χ3n) is 11.8. The van der Waals surface area contributed by atoms with Crippen LogP contribution in [-0.2, 0) is 29.1 Å². The van der Waals surface area contributed by atoms with Gasteiger partial charge in [-0.1, -0.05) is 68.9 Å². The van der Waals surface area contributed by atoms with E-state index in [1.165, 1.54) is 4.90 Å². The molecule has 3 N–H and O–H groups in total. The first kappa shape index (κ1) is 41.2. The highest BCUT2D eigenvalue weighted by Crippen LogP contribution is 2.48. The Morgan fingerprint density at radius 2 is 1.66 bits per heavy atom. The van der Waals surface area contributed by atoms with Crippen LogP contribution >= 0.6 is 0 Å². The second kappa shape index (κ2) is 16.7. The number of amides is 4. The summed E-state index contributed by atoms with van der Waals surface area (Å²) in [6.45, 7) is 5.22. The third kappa shape index (κ3) is 9.19. The van der Waals surface area contributed by atoms with Gasteiger partial charge in [0.1, 0.15) is 40.8 Å². The van der Waals surface area contributed by atoms with Crippen molar-refractivity contribution in [1.29, 1.82) is 0 Å². The fourth-order valence-corrected chi connectivity index (χ4v) is 9.90.